The van der Waals surface area contributed by atoms with Crippen LogP contribution in [0.25, 0.3) is 11.4 Å². The first kappa shape index (κ1) is 21.2. The van der Waals surface area contributed by atoms with Crippen molar-refractivity contribution in [3.05, 3.63) is 52.3 Å². The number of aromatic nitrogens is 2. The fourth-order valence-corrected chi connectivity index (χ4v) is 3.72. The third kappa shape index (κ3) is 5.51. The van der Waals surface area contributed by atoms with E-state index in [2.05, 4.69) is 31.4 Å². The van der Waals surface area contributed by atoms with Gasteiger partial charge in [0.15, 0.2) is 11.5 Å². The van der Waals surface area contributed by atoms with E-state index in [1.807, 2.05) is 31.2 Å². The van der Waals surface area contributed by atoms with Crippen LogP contribution in [0.15, 0.2) is 45.4 Å². The monoisotopic (exact) mass is 477 g/mol. The first-order valence-electron chi connectivity index (χ1n) is 8.69. The minimum Gasteiger partial charge on any atom is -0.493 e. The molecule has 0 fully saturated rings. The zero-order chi connectivity index (χ0) is 20.8. The van der Waals surface area contributed by atoms with Crippen molar-refractivity contribution in [2.75, 3.05) is 25.3 Å². The van der Waals surface area contributed by atoms with Crippen LogP contribution < -0.4 is 14.8 Å². The van der Waals surface area contributed by atoms with Gasteiger partial charge in [0.25, 0.3) is 0 Å². The van der Waals surface area contributed by atoms with Gasteiger partial charge in [0.1, 0.15) is 0 Å². The molecule has 29 heavy (non-hydrogen) atoms. The van der Waals surface area contributed by atoms with Crippen molar-refractivity contribution >= 4 is 39.3 Å². The molecule has 0 bridgehead atoms. The first-order chi connectivity index (χ1) is 14.0. The molecule has 0 unspecified atom stereocenters. The van der Waals surface area contributed by atoms with E-state index in [4.69, 9.17) is 14.0 Å². The summed E-state index contributed by atoms with van der Waals surface area (Å²) in [4.78, 5) is 16.5. The van der Waals surface area contributed by atoms with Crippen LogP contribution in [0.5, 0.6) is 11.5 Å². The number of ether oxygens (including phenoxy) is 2. The molecule has 0 saturated carbocycles. The molecule has 0 aliphatic heterocycles. The Hall–Kier alpha value is -2.52. The van der Waals surface area contributed by atoms with E-state index in [1.54, 1.807) is 26.4 Å². The lowest BCUT2D eigenvalue weighted by molar-refractivity contribution is -0.113. The van der Waals surface area contributed by atoms with Crippen LogP contribution in [0.1, 0.15) is 11.5 Å². The van der Waals surface area contributed by atoms with E-state index in [9.17, 15) is 4.79 Å². The molecule has 1 heterocycles. The lowest BCUT2D eigenvalue weighted by Crippen LogP contribution is -2.15. The number of carbonyl (C=O) groups is 1. The van der Waals surface area contributed by atoms with Gasteiger partial charge in [0.05, 0.1) is 25.7 Å². The number of nitrogens with one attached hydrogen (secondary N) is 1. The molecule has 0 atom stereocenters. The second kappa shape index (κ2) is 9.80. The number of nitrogens with zero attached hydrogens (tertiary/aromatic N) is 2. The number of halogens is 1. The molecular formula is C20H20BrN3O4S. The van der Waals surface area contributed by atoms with Crippen molar-refractivity contribution in [1.29, 1.82) is 0 Å². The Morgan fingerprint density at radius 1 is 1.17 bits per heavy atom. The molecule has 0 radical (unpaired) electrons. The minimum absolute atomic E-state index is 0.0833. The Morgan fingerprint density at radius 3 is 2.69 bits per heavy atom. The summed E-state index contributed by atoms with van der Waals surface area (Å²) in [5, 5.41) is 6.91. The molecule has 0 saturated heterocycles. The summed E-state index contributed by atoms with van der Waals surface area (Å²) in [5.41, 5.74) is 2.55. The summed E-state index contributed by atoms with van der Waals surface area (Å²) in [6, 6.07) is 11.1. The highest BCUT2D eigenvalue weighted by molar-refractivity contribution is 9.10. The maximum Gasteiger partial charge on any atom is 0.236 e. The normalized spacial score (nSPS) is 10.6. The largest absolute Gasteiger partial charge is 0.493 e. The fraction of sp³-hybridized carbons (Fsp3) is 0.250. The Balaban J connectivity index is 1.55. The Morgan fingerprint density at radius 2 is 1.97 bits per heavy atom. The third-order valence-corrected chi connectivity index (χ3v) is 5.44. The van der Waals surface area contributed by atoms with E-state index >= 15 is 0 Å². The minimum atomic E-state index is -0.0833. The Labute approximate surface area is 181 Å². The average Bonchev–Trinajstić information content (AvgIpc) is 3.18. The molecule has 152 valence electrons. The average molecular weight is 478 g/mol. The van der Waals surface area contributed by atoms with Gasteiger partial charge in [-0.2, -0.15) is 4.98 Å². The van der Waals surface area contributed by atoms with E-state index in [-0.39, 0.29) is 11.7 Å². The summed E-state index contributed by atoms with van der Waals surface area (Å²) in [5.74, 6) is 2.76. The molecule has 1 amide bonds. The number of carbonyl (C=O) groups excluding carboxylic acids is 1. The molecule has 0 aliphatic carbocycles. The maximum absolute atomic E-state index is 12.2. The Bertz CT molecular complexity index is 1010. The zero-order valence-electron chi connectivity index (χ0n) is 16.2. The van der Waals surface area contributed by atoms with Crippen molar-refractivity contribution in [2.45, 2.75) is 12.7 Å². The van der Waals surface area contributed by atoms with Gasteiger partial charge in [0, 0.05) is 15.7 Å². The lowest BCUT2D eigenvalue weighted by atomic mass is 10.2. The van der Waals surface area contributed by atoms with Crippen LogP contribution in [0, 0.1) is 6.92 Å². The van der Waals surface area contributed by atoms with Crippen molar-refractivity contribution in [1.82, 2.24) is 10.1 Å². The quantitative estimate of drug-likeness (QED) is 0.503. The number of hydrogen-bond donors (Lipinski definition) is 1. The molecule has 1 N–H and O–H groups in total. The molecule has 0 spiro atoms. The molecular weight excluding hydrogens is 458 g/mol. The predicted octanol–water partition coefficient (Wildman–Crippen LogP) is 4.70. The van der Waals surface area contributed by atoms with Crippen molar-refractivity contribution in [3.8, 4) is 22.9 Å². The highest BCUT2D eigenvalue weighted by atomic mass is 79.9. The van der Waals surface area contributed by atoms with Crippen LogP contribution in [-0.4, -0.2) is 36.0 Å². The summed E-state index contributed by atoms with van der Waals surface area (Å²) in [6.45, 7) is 1.95. The lowest BCUT2D eigenvalue weighted by Gasteiger charge is -2.08. The topological polar surface area (TPSA) is 86.5 Å². The number of methoxy groups -OCH3 is 2. The molecule has 3 aromatic rings. The summed E-state index contributed by atoms with van der Waals surface area (Å²) in [6.07, 6.45) is 0. The second-order valence-corrected chi connectivity index (χ2v) is 7.98. The van der Waals surface area contributed by atoms with Gasteiger partial charge < -0.3 is 19.3 Å². The number of hydrogen-bond acceptors (Lipinski definition) is 7. The molecule has 2 aromatic carbocycles. The van der Waals surface area contributed by atoms with Crippen LogP contribution >= 0.6 is 27.7 Å². The van der Waals surface area contributed by atoms with E-state index in [1.165, 1.54) is 11.8 Å². The smallest absolute Gasteiger partial charge is 0.236 e. The van der Waals surface area contributed by atoms with Crippen LogP contribution in [-0.2, 0) is 10.5 Å². The van der Waals surface area contributed by atoms with Crippen molar-refractivity contribution < 1.29 is 18.8 Å². The van der Waals surface area contributed by atoms with Gasteiger partial charge in [-0.15, -0.1) is 11.8 Å². The van der Waals surface area contributed by atoms with Crippen LogP contribution in [0.2, 0.25) is 0 Å². The number of rotatable bonds is 8. The molecule has 3 rings (SSSR count). The SMILES string of the molecule is COc1ccc(-c2noc(CSCC(=O)Nc3ccc(Br)cc3C)n2)cc1OC. The zero-order valence-corrected chi connectivity index (χ0v) is 18.6. The molecule has 0 aliphatic rings. The van der Waals surface area contributed by atoms with E-state index in [0.29, 0.717) is 29.0 Å². The summed E-state index contributed by atoms with van der Waals surface area (Å²) >= 11 is 4.81. The highest BCUT2D eigenvalue weighted by Gasteiger charge is 2.13. The second-order valence-electron chi connectivity index (χ2n) is 6.08. The maximum atomic E-state index is 12.2. The van der Waals surface area contributed by atoms with Gasteiger partial charge in [-0.25, -0.2) is 0 Å². The number of amides is 1. The van der Waals surface area contributed by atoms with Gasteiger partial charge in [0.2, 0.25) is 17.6 Å². The summed E-state index contributed by atoms with van der Waals surface area (Å²) < 4.78 is 16.8. The van der Waals surface area contributed by atoms with E-state index in [0.717, 1.165) is 21.3 Å². The van der Waals surface area contributed by atoms with Gasteiger partial charge in [-0.05, 0) is 48.9 Å². The standard InChI is InChI=1S/C20H20BrN3O4S/c1-12-8-14(21)5-6-15(12)22-18(25)10-29-11-19-23-20(24-28-19)13-4-7-16(26-2)17(9-13)27-3/h4-9H,10-11H2,1-3H3,(H,22,25). The molecule has 7 nitrogen and oxygen atoms in total. The summed E-state index contributed by atoms with van der Waals surface area (Å²) in [7, 11) is 3.15. The van der Waals surface area contributed by atoms with Gasteiger partial charge in [-0.3, -0.25) is 4.79 Å². The number of thioether (sulfide) groups is 1. The van der Waals surface area contributed by atoms with Crippen molar-refractivity contribution in [3.63, 3.8) is 0 Å². The number of benzene rings is 2. The number of aryl methyl sites for hydroxylation is 1. The predicted molar refractivity (Wildman–Crippen MR) is 117 cm³/mol. The van der Waals surface area contributed by atoms with Gasteiger partial charge >= 0.3 is 0 Å². The van der Waals surface area contributed by atoms with Crippen LogP contribution in [0.3, 0.4) is 0 Å². The third-order valence-electron chi connectivity index (χ3n) is 4.03. The molecule has 9 heteroatoms. The number of anilines is 1. The van der Waals surface area contributed by atoms with Gasteiger partial charge in [-0.1, -0.05) is 21.1 Å². The van der Waals surface area contributed by atoms with Crippen molar-refractivity contribution in [2.24, 2.45) is 0 Å². The highest BCUT2D eigenvalue weighted by Crippen LogP contribution is 2.31. The van der Waals surface area contributed by atoms with E-state index < -0.39 is 0 Å². The molecule has 1 aromatic heterocycles. The first-order valence-corrected chi connectivity index (χ1v) is 10.6. The van der Waals surface area contributed by atoms with Crippen LogP contribution in [0.4, 0.5) is 5.69 Å². The Kier molecular flexibility index (Phi) is 7.16. The fourth-order valence-electron chi connectivity index (χ4n) is 2.59.